The molecule has 0 heterocycles. The van der Waals surface area contributed by atoms with Crippen molar-refractivity contribution in [3.05, 3.63) is 0 Å². The van der Waals surface area contributed by atoms with E-state index in [1.165, 1.54) is 12.8 Å². The minimum Gasteiger partial charge on any atom is -0.369 e. The van der Waals surface area contributed by atoms with Crippen LogP contribution in [-0.2, 0) is 9.59 Å². The fourth-order valence-electron chi connectivity index (χ4n) is 2.35. The molecule has 2 aliphatic rings. The Hall–Kier alpha value is -1.06. The summed E-state index contributed by atoms with van der Waals surface area (Å²) in [6.45, 7) is 0. The third kappa shape index (κ3) is 1.85. The molecule has 2 saturated carbocycles. The molecule has 2 fully saturated rings. The molecular weight excluding hydrogens is 192 g/mol. The van der Waals surface area contributed by atoms with Crippen LogP contribution in [-0.4, -0.2) is 18.9 Å². The van der Waals surface area contributed by atoms with E-state index in [0.29, 0.717) is 5.92 Å². The minimum atomic E-state index is -0.511. The maximum atomic E-state index is 11.7. The van der Waals surface area contributed by atoms with Crippen LogP contribution < -0.4 is 11.1 Å². The lowest BCUT2D eigenvalue weighted by atomic mass is 9.83. The SMILES string of the molecule is CNC(=O)C(CC1CC1)C1(C(N)=O)CC1. The molecule has 2 aliphatic carbocycles. The maximum Gasteiger partial charge on any atom is 0.224 e. The summed E-state index contributed by atoms with van der Waals surface area (Å²) >= 11 is 0. The standard InChI is InChI=1S/C11H18N2O2/c1-13-9(14)8(6-7-2-3-7)11(4-5-11)10(12)15/h7-8H,2-6H2,1H3,(H2,12,15)(H,13,14). The van der Waals surface area contributed by atoms with Gasteiger partial charge in [-0.3, -0.25) is 9.59 Å². The van der Waals surface area contributed by atoms with Gasteiger partial charge in [-0.05, 0) is 25.2 Å². The van der Waals surface area contributed by atoms with Gasteiger partial charge in [0.1, 0.15) is 0 Å². The van der Waals surface area contributed by atoms with Crippen LogP contribution in [0.2, 0.25) is 0 Å². The molecule has 4 heteroatoms. The van der Waals surface area contributed by atoms with Crippen molar-refractivity contribution in [3.8, 4) is 0 Å². The Kier molecular flexibility index (Phi) is 2.44. The average Bonchev–Trinajstić information content (AvgIpc) is 3.04. The Balaban J connectivity index is 2.10. The molecule has 1 atom stereocenters. The molecule has 84 valence electrons. The second-order valence-corrected chi connectivity index (χ2v) is 4.87. The van der Waals surface area contributed by atoms with Gasteiger partial charge < -0.3 is 11.1 Å². The highest BCUT2D eigenvalue weighted by Crippen LogP contribution is 2.55. The van der Waals surface area contributed by atoms with Gasteiger partial charge in [-0.25, -0.2) is 0 Å². The second kappa shape index (κ2) is 3.51. The van der Waals surface area contributed by atoms with Crippen LogP contribution in [0.25, 0.3) is 0 Å². The zero-order chi connectivity index (χ0) is 11.1. The van der Waals surface area contributed by atoms with E-state index in [1.54, 1.807) is 7.05 Å². The molecule has 0 aliphatic heterocycles. The maximum absolute atomic E-state index is 11.7. The van der Waals surface area contributed by atoms with Gasteiger partial charge in [-0.2, -0.15) is 0 Å². The van der Waals surface area contributed by atoms with Crippen LogP contribution in [0, 0.1) is 17.3 Å². The number of carbonyl (C=O) groups excluding carboxylic acids is 2. The van der Waals surface area contributed by atoms with Crippen LogP contribution >= 0.6 is 0 Å². The topological polar surface area (TPSA) is 72.2 Å². The Bertz CT molecular complexity index is 293. The van der Waals surface area contributed by atoms with E-state index < -0.39 is 5.41 Å². The molecule has 0 aromatic heterocycles. The van der Waals surface area contributed by atoms with Crippen LogP contribution in [0.15, 0.2) is 0 Å². The van der Waals surface area contributed by atoms with Crippen LogP contribution in [0.3, 0.4) is 0 Å². The Morgan fingerprint density at radius 2 is 2.07 bits per heavy atom. The molecule has 4 nitrogen and oxygen atoms in total. The summed E-state index contributed by atoms with van der Waals surface area (Å²) in [5.74, 6) is 0.145. The lowest BCUT2D eigenvalue weighted by Crippen LogP contribution is -2.41. The number of carbonyl (C=O) groups is 2. The molecule has 15 heavy (non-hydrogen) atoms. The number of amides is 2. The van der Waals surface area contributed by atoms with E-state index in [9.17, 15) is 9.59 Å². The first-order valence-corrected chi connectivity index (χ1v) is 5.61. The highest BCUT2D eigenvalue weighted by molar-refractivity contribution is 5.91. The lowest BCUT2D eigenvalue weighted by molar-refractivity contribution is -0.135. The van der Waals surface area contributed by atoms with Gasteiger partial charge in [0.15, 0.2) is 0 Å². The largest absolute Gasteiger partial charge is 0.369 e. The van der Waals surface area contributed by atoms with E-state index in [-0.39, 0.29) is 17.7 Å². The fourth-order valence-corrected chi connectivity index (χ4v) is 2.35. The summed E-state index contributed by atoms with van der Waals surface area (Å²) in [6.07, 6.45) is 4.80. The number of nitrogens with two attached hydrogens (primary N) is 1. The van der Waals surface area contributed by atoms with Gasteiger partial charge in [0.05, 0.1) is 11.3 Å². The average molecular weight is 210 g/mol. The van der Waals surface area contributed by atoms with Crippen molar-refractivity contribution in [3.63, 3.8) is 0 Å². The van der Waals surface area contributed by atoms with Gasteiger partial charge >= 0.3 is 0 Å². The van der Waals surface area contributed by atoms with E-state index in [1.807, 2.05) is 0 Å². The first kappa shape index (κ1) is 10.5. The summed E-state index contributed by atoms with van der Waals surface area (Å²) in [6, 6.07) is 0. The summed E-state index contributed by atoms with van der Waals surface area (Å²) in [5.41, 5.74) is 4.89. The third-order valence-electron chi connectivity index (χ3n) is 3.78. The summed E-state index contributed by atoms with van der Waals surface area (Å²) < 4.78 is 0. The number of hydrogen-bond acceptors (Lipinski definition) is 2. The molecule has 0 aromatic rings. The van der Waals surface area contributed by atoms with Gasteiger partial charge in [-0.15, -0.1) is 0 Å². The summed E-state index contributed by atoms with van der Waals surface area (Å²) in [5, 5.41) is 2.65. The molecule has 2 rings (SSSR count). The van der Waals surface area contributed by atoms with Gasteiger partial charge in [-0.1, -0.05) is 12.8 Å². The molecule has 1 unspecified atom stereocenters. The van der Waals surface area contributed by atoms with Crippen molar-refractivity contribution in [2.75, 3.05) is 7.05 Å². The van der Waals surface area contributed by atoms with E-state index in [2.05, 4.69) is 5.32 Å². The van der Waals surface area contributed by atoms with Crippen molar-refractivity contribution in [2.45, 2.75) is 32.1 Å². The zero-order valence-electron chi connectivity index (χ0n) is 9.08. The predicted octanol–water partition coefficient (Wildman–Crippen LogP) is 0.414. The third-order valence-corrected chi connectivity index (χ3v) is 3.78. The predicted molar refractivity (Wildman–Crippen MR) is 55.8 cm³/mol. The number of rotatable bonds is 5. The molecule has 0 saturated heterocycles. The highest BCUT2D eigenvalue weighted by Gasteiger charge is 2.57. The molecule has 0 radical (unpaired) electrons. The van der Waals surface area contributed by atoms with Crippen molar-refractivity contribution in [2.24, 2.45) is 23.0 Å². The molecule has 2 amide bonds. The Morgan fingerprint density at radius 3 is 2.40 bits per heavy atom. The van der Waals surface area contributed by atoms with Crippen LogP contribution in [0.5, 0.6) is 0 Å². The molecule has 0 spiro atoms. The lowest BCUT2D eigenvalue weighted by Gasteiger charge is -2.22. The quantitative estimate of drug-likeness (QED) is 0.690. The van der Waals surface area contributed by atoms with Gasteiger partial charge in [0.25, 0.3) is 0 Å². The van der Waals surface area contributed by atoms with Crippen LogP contribution in [0.4, 0.5) is 0 Å². The normalized spacial score (nSPS) is 24.3. The number of primary amides is 1. The van der Waals surface area contributed by atoms with E-state index in [4.69, 9.17) is 5.73 Å². The monoisotopic (exact) mass is 210 g/mol. The first-order chi connectivity index (χ1) is 7.10. The van der Waals surface area contributed by atoms with Crippen molar-refractivity contribution >= 4 is 11.8 Å². The molecule has 0 aromatic carbocycles. The summed E-state index contributed by atoms with van der Waals surface area (Å²) in [7, 11) is 1.62. The highest BCUT2D eigenvalue weighted by atomic mass is 16.2. The molecule has 3 N–H and O–H groups in total. The number of nitrogens with one attached hydrogen (secondary N) is 1. The summed E-state index contributed by atoms with van der Waals surface area (Å²) in [4.78, 5) is 23.1. The molecule has 0 bridgehead atoms. The van der Waals surface area contributed by atoms with E-state index >= 15 is 0 Å². The number of hydrogen-bond donors (Lipinski definition) is 2. The van der Waals surface area contributed by atoms with Crippen molar-refractivity contribution in [1.82, 2.24) is 5.32 Å². The van der Waals surface area contributed by atoms with Gasteiger partial charge in [0.2, 0.25) is 11.8 Å². The van der Waals surface area contributed by atoms with Gasteiger partial charge in [0, 0.05) is 7.05 Å². The Labute approximate surface area is 89.6 Å². The minimum absolute atomic E-state index is 0.0156. The Morgan fingerprint density at radius 1 is 1.47 bits per heavy atom. The zero-order valence-corrected chi connectivity index (χ0v) is 9.08. The fraction of sp³-hybridized carbons (Fsp3) is 0.818. The second-order valence-electron chi connectivity index (χ2n) is 4.87. The van der Waals surface area contributed by atoms with Crippen LogP contribution in [0.1, 0.15) is 32.1 Å². The van der Waals surface area contributed by atoms with Crippen molar-refractivity contribution in [1.29, 1.82) is 0 Å². The van der Waals surface area contributed by atoms with E-state index in [0.717, 1.165) is 19.3 Å². The van der Waals surface area contributed by atoms with Crippen molar-refractivity contribution < 1.29 is 9.59 Å². The smallest absolute Gasteiger partial charge is 0.224 e. The first-order valence-electron chi connectivity index (χ1n) is 5.61. The molecular formula is C11H18N2O2.